The number of carbonyl (C=O) groups excluding carboxylic acids is 1. The molecular formula is C11H13NaO3. The van der Waals surface area contributed by atoms with E-state index in [0.717, 1.165) is 6.42 Å². The maximum Gasteiger partial charge on any atom is 1.00 e. The van der Waals surface area contributed by atoms with Crippen LogP contribution < -0.4 is 39.4 Å². The predicted molar refractivity (Wildman–Crippen MR) is 50.9 cm³/mol. The van der Waals surface area contributed by atoms with E-state index in [1.54, 1.807) is 12.1 Å². The Bertz CT molecular complexity index is 308. The summed E-state index contributed by atoms with van der Waals surface area (Å²) in [5, 5.41) is 10.4. The van der Waals surface area contributed by atoms with Crippen molar-refractivity contribution in [2.45, 2.75) is 26.4 Å². The van der Waals surface area contributed by atoms with Gasteiger partial charge in [0.1, 0.15) is 11.9 Å². The van der Waals surface area contributed by atoms with E-state index >= 15 is 0 Å². The fraction of sp³-hybridized carbons (Fsp3) is 0.364. The van der Waals surface area contributed by atoms with Crippen LogP contribution in [0, 0.1) is 0 Å². The standard InChI is InChI=1S/C11H14O3.Na/c1-3-9-4-6-10(7-5-9)14-8(2)11(12)13;/h4-8H,3H2,1-2H3,(H,12,13);/q;+1/p-1/t8-;/m0./s1. The second kappa shape index (κ2) is 6.88. The predicted octanol–water partition coefficient (Wildman–Crippen LogP) is -2.23. The molecule has 0 aliphatic heterocycles. The van der Waals surface area contributed by atoms with Gasteiger partial charge in [0, 0.05) is 0 Å². The molecule has 0 saturated heterocycles. The van der Waals surface area contributed by atoms with E-state index < -0.39 is 12.1 Å². The van der Waals surface area contributed by atoms with Gasteiger partial charge >= 0.3 is 29.6 Å². The SMILES string of the molecule is CCc1ccc(O[C@@H](C)C(=O)[O-])cc1.[Na+]. The topological polar surface area (TPSA) is 49.4 Å². The molecule has 0 spiro atoms. The molecule has 0 aromatic heterocycles. The molecule has 0 radical (unpaired) electrons. The number of aryl methyl sites for hydroxylation is 1. The second-order valence-electron chi connectivity index (χ2n) is 3.08. The number of rotatable bonds is 4. The van der Waals surface area contributed by atoms with Crippen molar-refractivity contribution in [1.29, 1.82) is 0 Å². The summed E-state index contributed by atoms with van der Waals surface area (Å²) in [5.41, 5.74) is 1.19. The van der Waals surface area contributed by atoms with Crippen LogP contribution in [0.4, 0.5) is 0 Å². The normalized spacial score (nSPS) is 11.3. The van der Waals surface area contributed by atoms with Gasteiger partial charge in [-0.1, -0.05) is 19.1 Å². The molecule has 0 heterocycles. The van der Waals surface area contributed by atoms with Gasteiger partial charge in [-0.15, -0.1) is 0 Å². The van der Waals surface area contributed by atoms with Crippen LogP contribution in [0.25, 0.3) is 0 Å². The monoisotopic (exact) mass is 216 g/mol. The van der Waals surface area contributed by atoms with Gasteiger partial charge in [-0.05, 0) is 31.0 Å². The zero-order valence-corrected chi connectivity index (χ0v) is 11.3. The van der Waals surface area contributed by atoms with Crippen molar-refractivity contribution < 1.29 is 44.2 Å². The summed E-state index contributed by atoms with van der Waals surface area (Å²) in [6.07, 6.45) is 0.0403. The molecule has 0 fully saturated rings. The van der Waals surface area contributed by atoms with E-state index in [1.165, 1.54) is 12.5 Å². The van der Waals surface area contributed by atoms with Crippen molar-refractivity contribution in [3.8, 4) is 5.75 Å². The average molecular weight is 216 g/mol. The largest absolute Gasteiger partial charge is 1.00 e. The van der Waals surface area contributed by atoms with Crippen LogP contribution in [0.2, 0.25) is 0 Å². The minimum Gasteiger partial charge on any atom is -0.546 e. The number of hydrogen-bond donors (Lipinski definition) is 0. The molecule has 1 rings (SSSR count). The summed E-state index contributed by atoms with van der Waals surface area (Å²) < 4.78 is 5.11. The first kappa shape index (κ1) is 14.5. The molecule has 0 saturated carbocycles. The van der Waals surface area contributed by atoms with Gasteiger partial charge in [-0.3, -0.25) is 0 Å². The van der Waals surface area contributed by atoms with Crippen molar-refractivity contribution in [3.05, 3.63) is 29.8 Å². The number of ether oxygens (including phenoxy) is 1. The first-order chi connectivity index (χ1) is 6.63. The zero-order valence-electron chi connectivity index (χ0n) is 9.32. The molecule has 1 aromatic rings. The maximum atomic E-state index is 10.4. The number of carbonyl (C=O) groups is 1. The summed E-state index contributed by atoms with van der Waals surface area (Å²) in [5.74, 6) is -0.650. The van der Waals surface area contributed by atoms with E-state index in [4.69, 9.17) is 4.74 Å². The average Bonchev–Trinajstić information content (AvgIpc) is 2.19. The van der Waals surface area contributed by atoms with E-state index in [0.29, 0.717) is 5.75 Å². The molecule has 3 nitrogen and oxygen atoms in total. The van der Waals surface area contributed by atoms with Gasteiger partial charge in [0.2, 0.25) is 0 Å². The van der Waals surface area contributed by atoms with Crippen molar-refractivity contribution in [2.75, 3.05) is 0 Å². The molecule has 0 aliphatic carbocycles. The quantitative estimate of drug-likeness (QED) is 0.535. The van der Waals surface area contributed by atoms with Crippen LogP contribution in [-0.2, 0) is 11.2 Å². The number of aliphatic carboxylic acids is 1. The molecular weight excluding hydrogens is 203 g/mol. The van der Waals surface area contributed by atoms with Gasteiger partial charge in [-0.25, -0.2) is 0 Å². The van der Waals surface area contributed by atoms with Gasteiger partial charge in [0.25, 0.3) is 0 Å². The van der Waals surface area contributed by atoms with Crippen LogP contribution in [0.15, 0.2) is 24.3 Å². The molecule has 0 amide bonds. The van der Waals surface area contributed by atoms with Gasteiger partial charge in [0.15, 0.2) is 0 Å². The maximum absolute atomic E-state index is 10.4. The van der Waals surface area contributed by atoms with E-state index in [1.807, 2.05) is 12.1 Å². The third-order valence-electron chi connectivity index (χ3n) is 1.98. The van der Waals surface area contributed by atoms with Crippen LogP contribution in [0.3, 0.4) is 0 Å². The van der Waals surface area contributed by atoms with Crippen molar-refractivity contribution in [3.63, 3.8) is 0 Å². The van der Waals surface area contributed by atoms with Crippen LogP contribution in [-0.4, -0.2) is 12.1 Å². The molecule has 1 atom stereocenters. The third-order valence-corrected chi connectivity index (χ3v) is 1.98. The number of carboxylic acid groups (broad SMARTS) is 1. The summed E-state index contributed by atoms with van der Waals surface area (Å²) in [6, 6.07) is 7.35. The first-order valence-electron chi connectivity index (χ1n) is 4.60. The minimum atomic E-state index is -1.20. The molecule has 76 valence electrons. The Morgan fingerprint density at radius 2 is 1.93 bits per heavy atom. The Hall–Kier alpha value is -0.510. The number of benzene rings is 1. The second-order valence-corrected chi connectivity index (χ2v) is 3.08. The summed E-state index contributed by atoms with van der Waals surface area (Å²) in [7, 11) is 0. The first-order valence-corrected chi connectivity index (χ1v) is 4.60. The van der Waals surface area contributed by atoms with Crippen molar-refractivity contribution in [1.82, 2.24) is 0 Å². The minimum absolute atomic E-state index is 0. The number of hydrogen-bond acceptors (Lipinski definition) is 3. The van der Waals surface area contributed by atoms with Crippen LogP contribution in [0.5, 0.6) is 5.75 Å². The van der Waals surface area contributed by atoms with E-state index in [2.05, 4.69) is 6.92 Å². The molecule has 1 aromatic carbocycles. The fourth-order valence-corrected chi connectivity index (χ4v) is 1.06. The van der Waals surface area contributed by atoms with Gasteiger partial charge in [-0.2, -0.15) is 0 Å². The van der Waals surface area contributed by atoms with Crippen molar-refractivity contribution in [2.24, 2.45) is 0 Å². The molecule has 4 heteroatoms. The zero-order chi connectivity index (χ0) is 10.6. The fourth-order valence-electron chi connectivity index (χ4n) is 1.06. The number of carboxylic acids is 1. The Kier molecular flexibility index (Phi) is 6.65. The summed E-state index contributed by atoms with van der Waals surface area (Å²) in [4.78, 5) is 10.4. The summed E-state index contributed by atoms with van der Waals surface area (Å²) >= 11 is 0. The van der Waals surface area contributed by atoms with Gasteiger partial charge < -0.3 is 14.6 Å². The smallest absolute Gasteiger partial charge is 0.546 e. The van der Waals surface area contributed by atoms with E-state index in [-0.39, 0.29) is 29.6 Å². The Balaban J connectivity index is 0.00000196. The van der Waals surface area contributed by atoms with E-state index in [9.17, 15) is 9.90 Å². The Labute approximate surface area is 112 Å². The van der Waals surface area contributed by atoms with Crippen molar-refractivity contribution >= 4 is 5.97 Å². The molecule has 0 bridgehead atoms. The molecule has 0 N–H and O–H groups in total. The Morgan fingerprint density at radius 3 is 2.33 bits per heavy atom. The van der Waals surface area contributed by atoms with Crippen LogP contribution >= 0.6 is 0 Å². The van der Waals surface area contributed by atoms with Crippen LogP contribution in [0.1, 0.15) is 19.4 Å². The third kappa shape index (κ3) is 4.69. The molecule has 0 unspecified atom stereocenters. The van der Waals surface area contributed by atoms with Gasteiger partial charge in [0.05, 0.1) is 5.97 Å². The molecule has 0 aliphatic rings. The summed E-state index contributed by atoms with van der Waals surface area (Å²) in [6.45, 7) is 3.50. The Morgan fingerprint density at radius 1 is 1.40 bits per heavy atom. The molecule has 15 heavy (non-hydrogen) atoms.